The molecule has 4 aromatic rings. The van der Waals surface area contributed by atoms with E-state index in [2.05, 4.69) is 6.07 Å². The minimum absolute atomic E-state index is 0.200. The second-order valence-electron chi connectivity index (χ2n) is 6.47. The molecule has 0 radical (unpaired) electrons. The van der Waals surface area contributed by atoms with Gasteiger partial charge in [0, 0.05) is 10.8 Å². The smallest absolute Gasteiger partial charge is 0.266 e. The van der Waals surface area contributed by atoms with Gasteiger partial charge in [0.2, 0.25) is 0 Å². The minimum atomic E-state index is -0.200. The largest absolute Gasteiger partial charge is 0.495 e. The quantitative estimate of drug-likeness (QED) is 0.319. The summed E-state index contributed by atoms with van der Waals surface area (Å²) in [5, 5.41) is 10.6. The predicted octanol–water partition coefficient (Wildman–Crippen LogP) is 5.21. The van der Waals surface area contributed by atoms with Gasteiger partial charge in [0.1, 0.15) is 5.75 Å². The third-order valence-corrected chi connectivity index (χ3v) is 5.80. The highest BCUT2D eigenvalue weighted by Crippen LogP contribution is 2.29. The number of halogens is 1. The molecule has 7 heteroatoms. The van der Waals surface area contributed by atoms with Gasteiger partial charge in [-0.05, 0) is 48.0 Å². The van der Waals surface area contributed by atoms with Gasteiger partial charge in [-0.3, -0.25) is 9.36 Å². The Hall–Kier alpha value is -3.27. The zero-order chi connectivity index (χ0) is 21.1. The number of aromatic nitrogens is 2. The van der Waals surface area contributed by atoms with Crippen molar-refractivity contribution in [3.63, 3.8) is 0 Å². The number of fused-ring (bicyclic) bond motifs is 1. The summed E-state index contributed by atoms with van der Waals surface area (Å²) in [4.78, 5) is 18.1. The van der Waals surface area contributed by atoms with Crippen molar-refractivity contribution in [1.82, 2.24) is 9.55 Å². The first-order valence-corrected chi connectivity index (χ1v) is 10.4. The molecule has 0 N–H and O–H groups in total. The number of hydrogen-bond acceptors (Lipinski definition) is 5. The Balaban J connectivity index is 1.88. The van der Waals surface area contributed by atoms with Crippen LogP contribution in [0.2, 0.25) is 5.02 Å². The van der Waals surface area contributed by atoms with Crippen LogP contribution < -0.4 is 10.3 Å². The summed E-state index contributed by atoms with van der Waals surface area (Å²) in [6, 6.07) is 21.9. The summed E-state index contributed by atoms with van der Waals surface area (Å²) in [5.74, 6) is 1.12. The number of rotatable bonds is 5. The first-order valence-electron chi connectivity index (χ1n) is 9.08. The van der Waals surface area contributed by atoms with Crippen LogP contribution in [0.1, 0.15) is 11.1 Å². The van der Waals surface area contributed by atoms with Crippen LogP contribution in [0.4, 0.5) is 0 Å². The molecule has 4 rings (SSSR count). The second-order valence-corrected chi connectivity index (χ2v) is 7.85. The van der Waals surface area contributed by atoms with Crippen LogP contribution in [0.25, 0.3) is 16.6 Å². The van der Waals surface area contributed by atoms with E-state index in [0.29, 0.717) is 43.8 Å². The van der Waals surface area contributed by atoms with Crippen molar-refractivity contribution in [2.24, 2.45) is 0 Å². The van der Waals surface area contributed by atoms with E-state index in [9.17, 15) is 4.79 Å². The van der Waals surface area contributed by atoms with E-state index in [4.69, 9.17) is 26.6 Å². The number of nitrogens with zero attached hydrogens (tertiary/aromatic N) is 3. The molecule has 0 fully saturated rings. The lowest BCUT2D eigenvalue weighted by Gasteiger charge is -2.16. The zero-order valence-corrected chi connectivity index (χ0v) is 17.6. The molecule has 3 aromatic carbocycles. The molecule has 1 aromatic heterocycles. The number of thioether (sulfide) groups is 1. The van der Waals surface area contributed by atoms with E-state index >= 15 is 0 Å². The number of hydrogen-bond donors (Lipinski definition) is 0. The summed E-state index contributed by atoms with van der Waals surface area (Å²) < 4.78 is 7.04. The molecular formula is C23H16ClN3O2S. The van der Waals surface area contributed by atoms with Crippen LogP contribution in [0, 0.1) is 11.3 Å². The van der Waals surface area contributed by atoms with Gasteiger partial charge in [0.25, 0.3) is 5.56 Å². The Labute approximate surface area is 182 Å². The summed E-state index contributed by atoms with van der Waals surface area (Å²) in [7, 11) is 1.57. The fourth-order valence-corrected chi connectivity index (χ4v) is 4.26. The molecule has 148 valence electrons. The highest BCUT2D eigenvalue weighted by molar-refractivity contribution is 7.98. The van der Waals surface area contributed by atoms with Gasteiger partial charge < -0.3 is 4.74 Å². The molecule has 0 unspecified atom stereocenters. The average Bonchev–Trinajstić information content (AvgIpc) is 2.77. The van der Waals surface area contributed by atoms with Gasteiger partial charge in [0.05, 0.1) is 35.3 Å². The molecule has 0 aliphatic carbocycles. The molecule has 0 saturated heterocycles. The molecule has 0 aliphatic rings. The number of benzene rings is 3. The number of para-hydroxylation sites is 2. The summed E-state index contributed by atoms with van der Waals surface area (Å²) in [5.41, 5.74) is 2.50. The van der Waals surface area contributed by atoms with Crippen molar-refractivity contribution >= 4 is 34.3 Å². The Morgan fingerprint density at radius 3 is 2.77 bits per heavy atom. The van der Waals surface area contributed by atoms with Crippen molar-refractivity contribution in [2.45, 2.75) is 10.9 Å². The van der Waals surface area contributed by atoms with Gasteiger partial charge in [-0.1, -0.05) is 47.6 Å². The van der Waals surface area contributed by atoms with Gasteiger partial charge in [-0.2, -0.15) is 5.26 Å². The Kier molecular flexibility index (Phi) is 5.75. The Morgan fingerprint density at radius 2 is 1.97 bits per heavy atom. The first kappa shape index (κ1) is 20.0. The number of nitriles is 1. The second kappa shape index (κ2) is 8.62. The van der Waals surface area contributed by atoms with Crippen molar-refractivity contribution < 1.29 is 4.74 Å². The van der Waals surface area contributed by atoms with Crippen LogP contribution in [0.15, 0.2) is 76.7 Å². The fraction of sp³-hybridized carbons (Fsp3) is 0.0870. The van der Waals surface area contributed by atoms with Crippen molar-refractivity contribution in [2.75, 3.05) is 7.11 Å². The highest BCUT2D eigenvalue weighted by Gasteiger charge is 2.16. The van der Waals surface area contributed by atoms with Gasteiger partial charge in [-0.25, -0.2) is 4.98 Å². The lowest BCUT2D eigenvalue weighted by Crippen LogP contribution is -2.22. The Bertz CT molecular complexity index is 1340. The highest BCUT2D eigenvalue weighted by atomic mass is 35.5. The summed E-state index contributed by atoms with van der Waals surface area (Å²) in [6.45, 7) is 0. The van der Waals surface area contributed by atoms with E-state index in [-0.39, 0.29) is 5.56 Å². The van der Waals surface area contributed by atoms with Crippen LogP contribution >= 0.6 is 23.4 Å². The van der Waals surface area contributed by atoms with Gasteiger partial charge in [-0.15, -0.1) is 0 Å². The Morgan fingerprint density at radius 1 is 1.13 bits per heavy atom. The molecule has 0 amide bonds. The third kappa shape index (κ3) is 3.90. The van der Waals surface area contributed by atoms with E-state index < -0.39 is 0 Å². The molecule has 0 saturated carbocycles. The van der Waals surface area contributed by atoms with Gasteiger partial charge in [0.15, 0.2) is 5.16 Å². The molecule has 0 bridgehead atoms. The first-order chi connectivity index (χ1) is 14.6. The van der Waals surface area contributed by atoms with Crippen molar-refractivity contribution in [1.29, 1.82) is 5.26 Å². The number of methoxy groups -OCH3 is 1. The summed E-state index contributed by atoms with van der Waals surface area (Å²) >= 11 is 7.54. The molecule has 0 aliphatic heterocycles. The van der Waals surface area contributed by atoms with E-state index in [1.807, 2.05) is 36.4 Å². The lowest BCUT2D eigenvalue weighted by molar-refractivity contribution is 0.411. The van der Waals surface area contributed by atoms with Crippen LogP contribution in [0.3, 0.4) is 0 Å². The average molecular weight is 434 g/mol. The van der Waals surface area contributed by atoms with E-state index in [1.165, 1.54) is 11.8 Å². The minimum Gasteiger partial charge on any atom is -0.495 e. The standard InChI is InChI=1S/C23H16ClN3O2S/c1-29-21-8-3-2-7-20(21)27-22(28)18-10-9-17(24)12-19(18)26-23(27)30-14-16-6-4-5-15(11-16)13-25/h2-12H,14H2,1H3. The monoisotopic (exact) mass is 433 g/mol. The topological polar surface area (TPSA) is 67.9 Å². The molecule has 1 heterocycles. The molecule has 30 heavy (non-hydrogen) atoms. The van der Waals surface area contributed by atoms with Crippen LogP contribution in [-0.2, 0) is 5.75 Å². The molecular weight excluding hydrogens is 418 g/mol. The number of ether oxygens (including phenoxy) is 1. The maximum absolute atomic E-state index is 13.4. The normalized spacial score (nSPS) is 10.7. The van der Waals surface area contributed by atoms with Gasteiger partial charge >= 0.3 is 0 Å². The zero-order valence-electron chi connectivity index (χ0n) is 16.0. The molecule has 0 atom stereocenters. The van der Waals surface area contributed by atoms with E-state index in [0.717, 1.165) is 5.56 Å². The molecule has 0 spiro atoms. The summed E-state index contributed by atoms with van der Waals surface area (Å²) in [6.07, 6.45) is 0. The van der Waals surface area contributed by atoms with Crippen LogP contribution in [0.5, 0.6) is 5.75 Å². The maximum Gasteiger partial charge on any atom is 0.266 e. The lowest BCUT2D eigenvalue weighted by atomic mass is 10.2. The third-order valence-electron chi connectivity index (χ3n) is 4.55. The van der Waals surface area contributed by atoms with Crippen molar-refractivity contribution in [3.8, 4) is 17.5 Å². The van der Waals surface area contributed by atoms with Crippen LogP contribution in [-0.4, -0.2) is 16.7 Å². The van der Waals surface area contributed by atoms with E-state index in [1.54, 1.807) is 42.0 Å². The fourth-order valence-electron chi connectivity index (χ4n) is 3.14. The predicted molar refractivity (Wildman–Crippen MR) is 120 cm³/mol. The van der Waals surface area contributed by atoms with Crippen molar-refractivity contribution in [3.05, 3.63) is 93.2 Å². The molecule has 5 nitrogen and oxygen atoms in total. The maximum atomic E-state index is 13.4. The SMILES string of the molecule is COc1ccccc1-n1c(SCc2cccc(C#N)c2)nc2cc(Cl)ccc2c1=O.